The fourth-order valence-electron chi connectivity index (χ4n) is 3.16. The van der Waals surface area contributed by atoms with Gasteiger partial charge in [0.1, 0.15) is 0 Å². The molecule has 1 fully saturated rings. The molecule has 2 aliphatic rings. The first-order chi connectivity index (χ1) is 9.70. The number of nitrogens with zero attached hydrogens (tertiary/aromatic N) is 1. The average Bonchev–Trinajstić information content (AvgIpc) is 2.89. The Hall–Kier alpha value is -1.55. The van der Waals surface area contributed by atoms with E-state index in [4.69, 9.17) is 0 Å². The SMILES string of the molecule is CN1CCC(NC(=O)Nc2ccc3c(c2)CCC3)CC1. The fraction of sp³-hybridized carbons (Fsp3) is 0.562. The van der Waals surface area contributed by atoms with Crippen LogP contribution in [-0.4, -0.2) is 37.1 Å². The molecule has 3 rings (SSSR count). The van der Waals surface area contributed by atoms with Crippen molar-refractivity contribution in [3.8, 4) is 0 Å². The molecule has 0 radical (unpaired) electrons. The monoisotopic (exact) mass is 273 g/mol. The van der Waals surface area contributed by atoms with Crippen LogP contribution in [0, 0.1) is 0 Å². The molecule has 4 nitrogen and oxygen atoms in total. The Labute approximate surface area is 120 Å². The summed E-state index contributed by atoms with van der Waals surface area (Å²) in [5.41, 5.74) is 3.74. The smallest absolute Gasteiger partial charge is 0.319 e. The van der Waals surface area contributed by atoms with E-state index in [1.807, 2.05) is 6.07 Å². The maximum atomic E-state index is 12.0. The molecule has 0 aromatic heterocycles. The van der Waals surface area contributed by atoms with E-state index in [1.54, 1.807) is 0 Å². The summed E-state index contributed by atoms with van der Waals surface area (Å²) < 4.78 is 0. The molecule has 0 bridgehead atoms. The molecule has 4 heteroatoms. The van der Waals surface area contributed by atoms with Gasteiger partial charge in [-0.3, -0.25) is 0 Å². The van der Waals surface area contributed by atoms with Gasteiger partial charge in [-0.25, -0.2) is 4.79 Å². The van der Waals surface area contributed by atoms with Gasteiger partial charge >= 0.3 is 6.03 Å². The topological polar surface area (TPSA) is 44.4 Å². The average molecular weight is 273 g/mol. The lowest BCUT2D eigenvalue weighted by Gasteiger charge is -2.29. The Morgan fingerprint density at radius 2 is 1.95 bits per heavy atom. The summed E-state index contributed by atoms with van der Waals surface area (Å²) in [6.45, 7) is 2.12. The Bertz CT molecular complexity index is 492. The van der Waals surface area contributed by atoms with Gasteiger partial charge in [-0.2, -0.15) is 0 Å². The zero-order chi connectivity index (χ0) is 13.9. The van der Waals surface area contributed by atoms with Gasteiger partial charge in [-0.15, -0.1) is 0 Å². The van der Waals surface area contributed by atoms with Crippen molar-refractivity contribution in [1.29, 1.82) is 0 Å². The summed E-state index contributed by atoms with van der Waals surface area (Å²) in [7, 11) is 2.13. The highest BCUT2D eigenvalue weighted by molar-refractivity contribution is 5.89. The standard InChI is InChI=1S/C16H23N3O/c1-19-9-7-14(8-10-19)17-16(20)18-15-6-5-12-3-2-4-13(12)11-15/h5-6,11,14H,2-4,7-10H2,1H3,(H2,17,18,20). The zero-order valence-electron chi connectivity index (χ0n) is 12.1. The second-order valence-corrected chi connectivity index (χ2v) is 6.01. The van der Waals surface area contributed by atoms with Crippen LogP contribution in [0.3, 0.4) is 0 Å². The number of urea groups is 1. The summed E-state index contributed by atoms with van der Waals surface area (Å²) in [6, 6.07) is 6.51. The summed E-state index contributed by atoms with van der Waals surface area (Å²) in [4.78, 5) is 14.3. The molecule has 0 atom stereocenters. The molecule has 2 N–H and O–H groups in total. The molecular formula is C16H23N3O. The van der Waals surface area contributed by atoms with Crippen LogP contribution in [0.5, 0.6) is 0 Å². The molecule has 1 aliphatic carbocycles. The minimum Gasteiger partial charge on any atom is -0.335 e. The van der Waals surface area contributed by atoms with Crippen LogP contribution in [0.15, 0.2) is 18.2 Å². The largest absolute Gasteiger partial charge is 0.335 e. The number of carbonyl (C=O) groups is 1. The summed E-state index contributed by atoms with van der Waals surface area (Å²) in [5, 5.41) is 6.05. The first-order valence-corrected chi connectivity index (χ1v) is 7.58. The number of piperidine rings is 1. The van der Waals surface area contributed by atoms with Gasteiger partial charge < -0.3 is 15.5 Å². The number of carbonyl (C=O) groups excluding carboxylic acids is 1. The Balaban J connectivity index is 1.54. The number of aryl methyl sites for hydroxylation is 2. The molecule has 108 valence electrons. The normalized spacial score (nSPS) is 19.6. The molecule has 2 amide bonds. The summed E-state index contributed by atoms with van der Waals surface area (Å²) in [6.07, 6.45) is 5.63. The maximum absolute atomic E-state index is 12.0. The first-order valence-electron chi connectivity index (χ1n) is 7.58. The molecule has 1 aromatic carbocycles. The number of fused-ring (bicyclic) bond motifs is 1. The Morgan fingerprint density at radius 3 is 2.75 bits per heavy atom. The quantitative estimate of drug-likeness (QED) is 0.869. The molecule has 20 heavy (non-hydrogen) atoms. The molecule has 1 heterocycles. The summed E-state index contributed by atoms with van der Waals surface area (Å²) >= 11 is 0. The van der Waals surface area contributed by atoms with Gasteiger partial charge in [-0.1, -0.05) is 6.07 Å². The predicted molar refractivity (Wildman–Crippen MR) is 81.1 cm³/mol. The molecule has 0 saturated carbocycles. The molecule has 1 saturated heterocycles. The number of benzene rings is 1. The Morgan fingerprint density at radius 1 is 1.20 bits per heavy atom. The zero-order valence-corrected chi connectivity index (χ0v) is 12.1. The summed E-state index contributed by atoms with van der Waals surface area (Å²) in [5.74, 6) is 0. The number of amides is 2. The third-order valence-corrected chi connectivity index (χ3v) is 4.41. The Kier molecular flexibility index (Phi) is 3.92. The first kappa shape index (κ1) is 13.4. The number of anilines is 1. The number of nitrogens with one attached hydrogen (secondary N) is 2. The van der Waals surface area contributed by atoms with Crippen molar-refractivity contribution in [2.45, 2.75) is 38.1 Å². The van der Waals surface area contributed by atoms with Crippen LogP contribution in [0.25, 0.3) is 0 Å². The van der Waals surface area contributed by atoms with E-state index in [2.05, 4.69) is 34.7 Å². The number of hydrogen-bond acceptors (Lipinski definition) is 2. The second-order valence-electron chi connectivity index (χ2n) is 6.01. The van der Waals surface area contributed by atoms with Gasteiger partial charge in [0.15, 0.2) is 0 Å². The predicted octanol–water partition coefficient (Wildman–Crippen LogP) is 2.39. The number of likely N-dealkylation sites (tertiary alicyclic amines) is 1. The van der Waals surface area contributed by atoms with Crippen LogP contribution in [0.2, 0.25) is 0 Å². The van der Waals surface area contributed by atoms with Crippen LogP contribution in [0.1, 0.15) is 30.4 Å². The van der Waals surface area contributed by atoms with Crippen LogP contribution in [-0.2, 0) is 12.8 Å². The van der Waals surface area contributed by atoms with Crippen LogP contribution in [0.4, 0.5) is 10.5 Å². The van der Waals surface area contributed by atoms with Crippen molar-refractivity contribution in [2.75, 3.05) is 25.5 Å². The van der Waals surface area contributed by atoms with E-state index in [0.717, 1.165) is 38.0 Å². The van der Waals surface area contributed by atoms with E-state index >= 15 is 0 Å². The van der Waals surface area contributed by atoms with E-state index in [9.17, 15) is 4.79 Å². The van der Waals surface area contributed by atoms with Crippen molar-refractivity contribution < 1.29 is 4.79 Å². The lowest BCUT2D eigenvalue weighted by atomic mass is 10.1. The maximum Gasteiger partial charge on any atom is 0.319 e. The van der Waals surface area contributed by atoms with E-state index < -0.39 is 0 Å². The van der Waals surface area contributed by atoms with Crippen LogP contribution >= 0.6 is 0 Å². The van der Waals surface area contributed by atoms with Crippen molar-refractivity contribution in [1.82, 2.24) is 10.2 Å². The molecule has 0 spiro atoms. The highest BCUT2D eigenvalue weighted by Crippen LogP contribution is 2.24. The second kappa shape index (κ2) is 5.83. The lowest BCUT2D eigenvalue weighted by Crippen LogP contribution is -2.44. The van der Waals surface area contributed by atoms with E-state index in [1.165, 1.54) is 24.0 Å². The van der Waals surface area contributed by atoms with Crippen molar-refractivity contribution in [2.24, 2.45) is 0 Å². The van der Waals surface area contributed by atoms with Gasteiger partial charge in [-0.05, 0) is 75.5 Å². The minimum absolute atomic E-state index is 0.0718. The van der Waals surface area contributed by atoms with E-state index in [-0.39, 0.29) is 6.03 Å². The van der Waals surface area contributed by atoms with Gasteiger partial charge in [0.05, 0.1) is 0 Å². The molecule has 1 aromatic rings. The third kappa shape index (κ3) is 3.12. The van der Waals surface area contributed by atoms with Crippen molar-refractivity contribution in [3.63, 3.8) is 0 Å². The number of rotatable bonds is 2. The molecular weight excluding hydrogens is 250 g/mol. The van der Waals surface area contributed by atoms with Crippen molar-refractivity contribution >= 4 is 11.7 Å². The highest BCUT2D eigenvalue weighted by atomic mass is 16.2. The molecule has 0 unspecified atom stereocenters. The van der Waals surface area contributed by atoms with E-state index in [0.29, 0.717) is 6.04 Å². The third-order valence-electron chi connectivity index (χ3n) is 4.41. The van der Waals surface area contributed by atoms with Gasteiger partial charge in [0.2, 0.25) is 0 Å². The van der Waals surface area contributed by atoms with Crippen LogP contribution < -0.4 is 10.6 Å². The van der Waals surface area contributed by atoms with Gasteiger partial charge in [0.25, 0.3) is 0 Å². The fourth-order valence-corrected chi connectivity index (χ4v) is 3.16. The lowest BCUT2D eigenvalue weighted by molar-refractivity contribution is 0.221. The highest BCUT2D eigenvalue weighted by Gasteiger charge is 2.18. The van der Waals surface area contributed by atoms with Crippen molar-refractivity contribution in [3.05, 3.63) is 29.3 Å². The minimum atomic E-state index is -0.0718. The molecule has 1 aliphatic heterocycles. The number of hydrogen-bond donors (Lipinski definition) is 2. The van der Waals surface area contributed by atoms with Gasteiger partial charge in [0, 0.05) is 11.7 Å².